The second-order valence-corrected chi connectivity index (χ2v) is 4.96. The molecular formula is C13H25N3O3. The number of ether oxygens (including phenoxy) is 1. The van der Waals surface area contributed by atoms with Crippen LogP contribution in [-0.2, 0) is 14.3 Å². The van der Waals surface area contributed by atoms with E-state index < -0.39 is 0 Å². The molecule has 6 nitrogen and oxygen atoms in total. The van der Waals surface area contributed by atoms with Crippen LogP contribution in [0.25, 0.3) is 0 Å². The molecule has 1 saturated heterocycles. The van der Waals surface area contributed by atoms with Crippen LogP contribution in [0.4, 0.5) is 0 Å². The first-order valence-corrected chi connectivity index (χ1v) is 6.90. The monoisotopic (exact) mass is 271 g/mol. The molecule has 0 aromatic carbocycles. The minimum absolute atomic E-state index is 0.0255. The van der Waals surface area contributed by atoms with E-state index in [1.165, 1.54) is 0 Å². The van der Waals surface area contributed by atoms with Crippen molar-refractivity contribution in [3.63, 3.8) is 0 Å². The molecule has 19 heavy (non-hydrogen) atoms. The van der Waals surface area contributed by atoms with Crippen molar-refractivity contribution in [2.75, 3.05) is 26.8 Å². The van der Waals surface area contributed by atoms with Crippen LogP contribution in [0.5, 0.6) is 0 Å². The van der Waals surface area contributed by atoms with Gasteiger partial charge >= 0.3 is 0 Å². The van der Waals surface area contributed by atoms with E-state index in [1.54, 1.807) is 0 Å². The fraction of sp³-hybridized carbons (Fsp3) is 0.846. The van der Waals surface area contributed by atoms with Gasteiger partial charge in [-0.25, -0.2) is 0 Å². The number of rotatable bonds is 7. The first-order valence-electron chi connectivity index (χ1n) is 6.90. The lowest BCUT2D eigenvalue weighted by Crippen LogP contribution is -2.43. The minimum atomic E-state index is -0.164. The molecule has 1 aliphatic heterocycles. The minimum Gasteiger partial charge on any atom is -0.379 e. The highest BCUT2D eigenvalue weighted by Crippen LogP contribution is 2.13. The Morgan fingerprint density at radius 3 is 2.74 bits per heavy atom. The van der Waals surface area contributed by atoms with Gasteiger partial charge < -0.3 is 20.7 Å². The first kappa shape index (κ1) is 15.9. The third-order valence-electron chi connectivity index (χ3n) is 3.46. The standard InChI is InChI=1S/C13H25N3O3/c1-4-9(2)16-12(17)5-6-15-13(18)10-7-19-8-11(10)14-3/h9-11,14H,4-8H2,1-3H3,(H,15,18)(H,16,17). The molecule has 3 atom stereocenters. The maximum absolute atomic E-state index is 11.9. The molecule has 0 bridgehead atoms. The maximum Gasteiger partial charge on any atom is 0.227 e. The van der Waals surface area contributed by atoms with Crippen LogP contribution in [0.1, 0.15) is 26.7 Å². The number of nitrogens with one attached hydrogen (secondary N) is 3. The summed E-state index contributed by atoms with van der Waals surface area (Å²) in [7, 11) is 1.82. The van der Waals surface area contributed by atoms with Crippen molar-refractivity contribution in [2.45, 2.75) is 38.8 Å². The molecule has 0 saturated carbocycles. The molecule has 1 fully saturated rings. The van der Waals surface area contributed by atoms with Gasteiger partial charge in [-0.15, -0.1) is 0 Å². The largest absolute Gasteiger partial charge is 0.379 e. The molecule has 0 spiro atoms. The molecule has 1 rings (SSSR count). The lowest BCUT2D eigenvalue weighted by Gasteiger charge is -2.16. The molecule has 2 amide bonds. The number of hydrogen-bond donors (Lipinski definition) is 3. The van der Waals surface area contributed by atoms with Gasteiger partial charge in [0.2, 0.25) is 11.8 Å². The van der Waals surface area contributed by atoms with Gasteiger partial charge in [-0.2, -0.15) is 0 Å². The lowest BCUT2D eigenvalue weighted by molar-refractivity contribution is -0.125. The molecule has 3 N–H and O–H groups in total. The van der Waals surface area contributed by atoms with Crippen molar-refractivity contribution in [1.29, 1.82) is 0 Å². The van der Waals surface area contributed by atoms with Gasteiger partial charge in [0.25, 0.3) is 0 Å². The summed E-state index contributed by atoms with van der Waals surface area (Å²) in [5.74, 6) is -0.238. The van der Waals surface area contributed by atoms with Crippen molar-refractivity contribution in [3.8, 4) is 0 Å². The van der Waals surface area contributed by atoms with E-state index in [0.717, 1.165) is 6.42 Å². The molecule has 1 heterocycles. The molecule has 0 aliphatic carbocycles. The fourth-order valence-corrected chi connectivity index (χ4v) is 1.98. The van der Waals surface area contributed by atoms with Crippen molar-refractivity contribution in [3.05, 3.63) is 0 Å². The van der Waals surface area contributed by atoms with E-state index >= 15 is 0 Å². The second kappa shape index (κ2) is 8.12. The Bertz CT molecular complexity index is 310. The number of carbonyl (C=O) groups is 2. The van der Waals surface area contributed by atoms with Crippen LogP contribution in [0, 0.1) is 5.92 Å². The molecule has 3 unspecified atom stereocenters. The predicted molar refractivity (Wildman–Crippen MR) is 72.7 cm³/mol. The summed E-state index contributed by atoms with van der Waals surface area (Å²) in [6, 6.07) is 0.244. The topological polar surface area (TPSA) is 79.5 Å². The summed E-state index contributed by atoms with van der Waals surface area (Å²) < 4.78 is 5.27. The van der Waals surface area contributed by atoms with Gasteiger partial charge in [-0.1, -0.05) is 6.92 Å². The summed E-state index contributed by atoms with van der Waals surface area (Å²) in [6.07, 6.45) is 1.22. The first-order chi connectivity index (χ1) is 9.08. The SMILES string of the molecule is CCC(C)NC(=O)CCNC(=O)C1COCC1NC. The molecule has 110 valence electrons. The van der Waals surface area contributed by atoms with Crippen molar-refractivity contribution in [1.82, 2.24) is 16.0 Å². The molecule has 0 aromatic heterocycles. The van der Waals surface area contributed by atoms with Gasteiger partial charge in [0.1, 0.15) is 0 Å². The Morgan fingerprint density at radius 1 is 1.37 bits per heavy atom. The maximum atomic E-state index is 11.9. The number of likely N-dealkylation sites (N-methyl/N-ethyl adjacent to an activating group) is 1. The summed E-state index contributed by atoms with van der Waals surface area (Å²) in [6.45, 7) is 5.35. The van der Waals surface area contributed by atoms with Crippen LogP contribution < -0.4 is 16.0 Å². The van der Waals surface area contributed by atoms with Crippen LogP contribution >= 0.6 is 0 Å². The third-order valence-corrected chi connectivity index (χ3v) is 3.46. The van der Waals surface area contributed by atoms with Crippen molar-refractivity contribution < 1.29 is 14.3 Å². The van der Waals surface area contributed by atoms with E-state index in [2.05, 4.69) is 16.0 Å². The Morgan fingerprint density at radius 2 is 2.11 bits per heavy atom. The van der Waals surface area contributed by atoms with Gasteiger partial charge in [0, 0.05) is 25.0 Å². The van der Waals surface area contributed by atoms with E-state index in [-0.39, 0.29) is 29.8 Å². The highest BCUT2D eigenvalue weighted by molar-refractivity contribution is 5.81. The summed E-state index contributed by atoms with van der Waals surface area (Å²) in [4.78, 5) is 23.4. The smallest absolute Gasteiger partial charge is 0.227 e. The Labute approximate surface area is 114 Å². The quantitative estimate of drug-likeness (QED) is 0.591. The molecule has 6 heteroatoms. The average Bonchev–Trinajstić information content (AvgIpc) is 2.86. The van der Waals surface area contributed by atoms with Crippen LogP contribution in [0.3, 0.4) is 0 Å². The zero-order valence-corrected chi connectivity index (χ0v) is 12.0. The van der Waals surface area contributed by atoms with E-state index in [0.29, 0.717) is 26.2 Å². The van der Waals surface area contributed by atoms with Crippen LogP contribution in [0.2, 0.25) is 0 Å². The lowest BCUT2D eigenvalue weighted by atomic mass is 10.0. The van der Waals surface area contributed by atoms with E-state index in [9.17, 15) is 9.59 Å². The molecule has 0 aromatic rings. The number of amides is 2. The highest BCUT2D eigenvalue weighted by atomic mass is 16.5. The Kier molecular flexibility index (Phi) is 6.80. The van der Waals surface area contributed by atoms with E-state index in [1.807, 2.05) is 20.9 Å². The zero-order chi connectivity index (χ0) is 14.3. The molecular weight excluding hydrogens is 246 g/mol. The Balaban J connectivity index is 2.21. The normalized spacial score (nSPS) is 23.9. The number of hydrogen-bond acceptors (Lipinski definition) is 4. The van der Waals surface area contributed by atoms with Gasteiger partial charge in [-0.3, -0.25) is 9.59 Å². The van der Waals surface area contributed by atoms with Crippen molar-refractivity contribution in [2.24, 2.45) is 5.92 Å². The predicted octanol–water partition coefficient (Wildman–Crippen LogP) is -0.358. The highest BCUT2D eigenvalue weighted by Gasteiger charge is 2.32. The van der Waals surface area contributed by atoms with Gasteiger partial charge in [-0.05, 0) is 20.4 Å². The Hall–Kier alpha value is -1.14. The average molecular weight is 271 g/mol. The van der Waals surface area contributed by atoms with Gasteiger partial charge in [0.05, 0.1) is 19.1 Å². The zero-order valence-electron chi connectivity index (χ0n) is 12.0. The number of carbonyl (C=O) groups excluding carboxylic acids is 2. The van der Waals surface area contributed by atoms with Crippen LogP contribution in [0.15, 0.2) is 0 Å². The summed E-state index contributed by atoms with van der Waals surface area (Å²) in [5, 5.41) is 8.72. The van der Waals surface area contributed by atoms with Gasteiger partial charge in [0.15, 0.2) is 0 Å². The molecule has 1 aliphatic rings. The van der Waals surface area contributed by atoms with E-state index in [4.69, 9.17) is 4.74 Å². The fourth-order valence-electron chi connectivity index (χ4n) is 1.98. The van der Waals surface area contributed by atoms with Crippen molar-refractivity contribution >= 4 is 11.8 Å². The van der Waals surface area contributed by atoms with Crippen LogP contribution in [-0.4, -0.2) is 50.7 Å². The molecule has 0 radical (unpaired) electrons. The summed E-state index contributed by atoms with van der Waals surface area (Å²) >= 11 is 0. The second-order valence-electron chi connectivity index (χ2n) is 4.96. The summed E-state index contributed by atoms with van der Waals surface area (Å²) in [5.41, 5.74) is 0. The third kappa shape index (κ3) is 5.16.